The molecule has 7 nitrogen and oxygen atoms in total. The molecule has 0 aliphatic carbocycles. The van der Waals surface area contributed by atoms with Crippen molar-refractivity contribution in [3.05, 3.63) is 27.7 Å². The number of carboxylic acids is 1. The summed E-state index contributed by atoms with van der Waals surface area (Å²) in [6.07, 6.45) is -0.664. The van der Waals surface area contributed by atoms with E-state index in [1.54, 1.807) is 12.1 Å². The van der Waals surface area contributed by atoms with Gasteiger partial charge in [0.2, 0.25) is 0 Å². The van der Waals surface area contributed by atoms with Crippen molar-refractivity contribution < 1.29 is 14.6 Å². The summed E-state index contributed by atoms with van der Waals surface area (Å²) in [5.74, 6) is -0.488. The highest BCUT2D eigenvalue weighted by Gasteiger charge is 2.18. The molecule has 0 amide bonds. The van der Waals surface area contributed by atoms with Crippen LogP contribution in [0.5, 0.6) is 0 Å². The largest absolute Gasteiger partial charge is 0.481 e. The number of tetrazole rings is 1. The third-order valence-electron chi connectivity index (χ3n) is 2.82. The molecule has 21 heavy (non-hydrogen) atoms. The van der Waals surface area contributed by atoms with Gasteiger partial charge >= 0.3 is 5.97 Å². The van der Waals surface area contributed by atoms with Crippen LogP contribution >= 0.6 is 27.5 Å². The molecule has 0 radical (unpaired) electrons. The number of aromatic nitrogens is 4. The van der Waals surface area contributed by atoms with Gasteiger partial charge in [-0.15, -0.1) is 5.10 Å². The number of benzene rings is 1. The van der Waals surface area contributed by atoms with E-state index in [4.69, 9.17) is 21.4 Å². The summed E-state index contributed by atoms with van der Waals surface area (Å²) in [5.41, 5.74) is 0.662. The summed E-state index contributed by atoms with van der Waals surface area (Å²) in [7, 11) is 1.45. The first-order valence-electron chi connectivity index (χ1n) is 5.97. The number of nitrogens with zero attached hydrogens (tertiary/aromatic N) is 4. The van der Waals surface area contributed by atoms with E-state index >= 15 is 0 Å². The van der Waals surface area contributed by atoms with Gasteiger partial charge in [0.15, 0.2) is 5.82 Å². The number of rotatable bonds is 6. The molecule has 0 saturated carbocycles. The van der Waals surface area contributed by atoms with Crippen LogP contribution in [0.3, 0.4) is 0 Å². The van der Waals surface area contributed by atoms with E-state index in [0.717, 1.165) is 4.47 Å². The molecule has 2 rings (SSSR count). The summed E-state index contributed by atoms with van der Waals surface area (Å²) < 4.78 is 7.46. The van der Waals surface area contributed by atoms with Gasteiger partial charge in [-0.2, -0.15) is 0 Å². The van der Waals surface area contributed by atoms with Crippen molar-refractivity contribution in [2.75, 3.05) is 7.11 Å². The van der Waals surface area contributed by atoms with Gasteiger partial charge in [0.05, 0.1) is 24.1 Å². The van der Waals surface area contributed by atoms with Gasteiger partial charge in [-0.1, -0.05) is 27.5 Å². The molecule has 0 aliphatic heterocycles. The van der Waals surface area contributed by atoms with Crippen LogP contribution in [-0.4, -0.2) is 44.5 Å². The van der Waals surface area contributed by atoms with Crippen molar-refractivity contribution in [3.8, 4) is 11.4 Å². The normalized spacial score (nSPS) is 12.3. The van der Waals surface area contributed by atoms with Crippen molar-refractivity contribution in [2.45, 2.75) is 19.1 Å². The highest BCUT2D eigenvalue weighted by atomic mass is 79.9. The predicted molar refractivity (Wildman–Crippen MR) is 79.0 cm³/mol. The Labute approximate surface area is 134 Å². The Hall–Kier alpha value is -1.51. The highest BCUT2D eigenvalue weighted by molar-refractivity contribution is 9.10. The quantitative estimate of drug-likeness (QED) is 0.833. The molecule has 2 aromatic rings. The Morgan fingerprint density at radius 1 is 1.57 bits per heavy atom. The van der Waals surface area contributed by atoms with Crippen LogP contribution in [0.1, 0.15) is 6.42 Å². The minimum Gasteiger partial charge on any atom is -0.481 e. The van der Waals surface area contributed by atoms with Gasteiger partial charge in [-0.05, 0) is 28.6 Å². The molecular formula is C12H12BrClN4O3. The number of hydrogen-bond donors (Lipinski definition) is 1. The van der Waals surface area contributed by atoms with Crippen LogP contribution < -0.4 is 0 Å². The molecule has 0 spiro atoms. The Morgan fingerprint density at radius 3 is 2.95 bits per heavy atom. The summed E-state index contributed by atoms with van der Waals surface area (Å²) in [5, 5.41) is 20.8. The van der Waals surface area contributed by atoms with Crippen molar-refractivity contribution in [3.63, 3.8) is 0 Å². The monoisotopic (exact) mass is 374 g/mol. The third-order valence-corrected chi connectivity index (χ3v) is 3.62. The van der Waals surface area contributed by atoms with Gasteiger partial charge < -0.3 is 9.84 Å². The third kappa shape index (κ3) is 3.99. The SMILES string of the molecule is COC(CC(=O)O)Cn1nnnc1-c1ccc(Br)cc1Cl. The molecule has 9 heteroatoms. The lowest BCUT2D eigenvalue weighted by atomic mass is 10.2. The van der Waals surface area contributed by atoms with Crippen LogP contribution in [0.2, 0.25) is 5.02 Å². The van der Waals surface area contributed by atoms with E-state index < -0.39 is 12.1 Å². The first-order valence-corrected chi connectivity index (χ1v) is 7.14. The van der Waals surface area contributed by atoms with Crippen molar-refractivity contribution in [1.29, 1.82) is 0 Å². The lowest BCUT2D eigenvalue weighted by Crippen LogP contribution is -2.23. The minimum atomic E-state index is -0.946. The van der Waals surface area contributed by atoms with E-state index in [-0.39, 0.29) is 13.0 Å². The van der Waals surface area contributed by atoms with Crippen LogP contribution in [0.25, 0.3) is 11.4 Å². The fourth-order valence-electron chi connectivity index (χ4n) is 1.80. The zero-order valence-electron chi connectivity index (χ0n) is 11.0. The molecule has 1 aromatic heterocycles. The molecule has 0 fully saturated rings. The second-order valence-corrected chi connectivity index (χ2v) is 5.59. The first-order chi connectivity index (χ1) is 10.0. The minimum absolute atomic E-state index is 0.135. The van der Waals surface area contributed by atoms with E-state index in [0.29, 0.717) is 16.4 Å². The summed E-state index contributed by atoms with van der Waals surface area (Å²) >= 11 is 9.51. The molecule has 1 N–H and O–H groups in total. The Bertz CT molecular complexity index is 649. The lowest BCUT2D eigenvalue weighted by molar-refractivity contribution is -0.139. The molecule has 1 heterocycles. The Balaban J connectivity index is 2.27. The average Bonchev–Trinajstić information content (AvgIpc) is 2.85. The maximum atomic E-state index is 10.8. The molecular weight excluding hydrogens is 364 g/mol. The van der Waals surface area contributed by atoms with Gasteiger partial charge in [-0.3, -0.25) is 4.79 Å². The average molecular weight is 376 g/mol. The second-order valence-electron chi connectivity index (χ2n) is 4.26. The van der Waals surface area contributed by atoms with E-state index in [9.17, 15) is 4.79 Å². The number of hydrogen-bond acceptors (Lipinski definition) is 5. The van der Waals surface area contributed by atoms with Crippen LogP contribution in [0, 0.1) is 0 Å². The van der Waals surface area contributed by atoms with Crippen molar-refractivity contribution >= 4 is 33.5 Å². The Morgan fingerprint density at radius 2 is 2.33 bits per heavy atom. The smallest absolute Gasteiger partial charge is 0.306 e. The maximum absolute atomic E-state index is 10.8. The zero-order valence-corrected chi connectivity index (χ0v) is 13.4. The van der Waals surface area contributed by atoms with Crippen LogP contribution in [0.4, 0.5) is 0 Å². The number of carboxylic acid groups (broad SMARTS) is 1. The van der Waals surface area contributed by atoms with Crippen LogP contribution in [-0.2, 0) is 16.1 Å². The fourth-order valence-corrected chi connectivity index (χ4v) is 2.56. The summed E-state index contributed by atoms with van der Waals surface area (Å²) in [4.78, 5) is 10.8. The number of halogens is 2. The van der Waals surface area contributed by atoms with Crippen LogP contribution in [0.15, 0.2) is 22.7 Å². The number of ether oxygens (including phenoxy) is 1. The topological polar surface area (TPSA) is 90.1 Å². The predicted octanol–water partition coefficient (Wildman–Crippen LogP) is 2.25. The van der Waals surface area contributed by atoms with Gasteiger partial charge in [0.25, 0.3) is 0 Å². The van der Waals surface area contributed by atoms with E-state index in [1.807, 2.05) is 6.07 Å². The number of methoxy groups -OCH3 is 1. The lowest BCUT2D eigenvalue weighted by Gasteiger charge is -2.14. The molecule has 0 aliphatic rings. The molecule has 112 valence electrons. The van der Waals surface area contributed by atoms with Gasteiger partial charge in [0.1, 0.15) is 0 Å². The van der Waals surface area contributed by atoms with Crippen molar-refractivity contribution in [1.82, 2.24) is 20.2 Å². The highest BCUT2D eigenvalue weighted by Crippen LogP contribution is 2.28. The standard InChI is InChI=1S/C12H12BrClN4O3/c1-21-8(5-11(19)20)6-18-12(15-16-17-18)9-3-2-7(13)4-10(9)14/h2-4,8H,5-6H2,1H3,(H,19,20). The number of carbonyl (C=O) groups is 1. The molecule has 1 unspecified atom stereocenters. The number of aliphatic carboxylic acids is 1. The molecule has 1 atom stereocenters. The Kier molecular flexibility index (Phi) is 5.27. The summed E-state index contributed by atoms with van der Waals surface area (Å²) in [6.45, 7) is 0.220. The van der Waals surface area contributed by atoms with Gasteiger partial charge in [0, 0.05) is 17.1 Å². The fraction of sp³-hybridized carbons (Fsp3) is 0.333. The molecule has 0 bridgehead atoms. The van der Waals surface area contributed by atoms with E-state index in [1.165, 1.54) is 11.8 Å². The summed E-state index contributed by atoms with van der Waals surface area (Å²) in [6, 6.07) is 5.35. The maximum Gasteiger partial charge on any atom is 0.306 e. The molecule has 0 saturated heterocycles. The van der Waals surface area contributed by atoms with Gasteiger partial charge in [-0.25, -0.2) is 4.68 Å². The zero-order chi connectivity index (χ0) is 15.4. The second kappa shape index (κ2) is 6.97. The van der Waals surface area contributed by atoms with E-state index in [2.05, 4.69) is 31.5 Å². The first kappa shape index (κ1) is 15.9. The van der Waals surface area contributed by atoms with Crippen molar-refractivity contribution in [2.24, 2.45) is 0 Å². The molecule has 1 aromatic carbocycles.